The minimum absolute atomic E-state index is 0. The van der Waals surface area contributed by atoms with Gasteiger partial charge in [-0.15, -0.1) is 17.0 Å². The molecule has 3 rings (SSSR count). The summed E-state index contributed by atoms with van der Waals surface area (Å²) in [5, 5.41) is 12.0. The highest BCUT2D eigenvalue weighted by Crippen LogP contribution is 2.40. The maximum Gasteiger partial charge on any atom is 0.176 e. The summed E-state index contributed by atoms with van der Waals surface area (Å²) in [4.78, 5) is 8.76. The summed E-state index contributed by atoms with van der Waals surface area (Å²) in [5.74, 6) is 0.630. The van der Waals surface area contributed by atoms with Crippen molar-refractivity contribution in [2.75, 3.05) is 25.6 Å². The molecule has 0 aromatic heterocycles. The Labute approximate surface area is 142 Å². The fourth-order valence-corrected chi connectivity index (χ4v) is 3.78. The van der Waals surface area contributed by atoms with Crippen molar-refractivity contribution in [2.24, 2.45) is 4.99 Å². The maximum absolute atomic E-state index is 11.0. The molecule has 0 radical (unpaired) electrons. The van der Waals surface area contributed by atoms with Gasteiger partial charge in [0.15, 0.2) is 10.9 Å². The molecule has 4 nitrogen and oxygen atoms in total. The molecule has 0 spiro atoms. The summed E-state index contributed by atoms with van der Waals surface area (Å²) in [7, 11) is 0. The van der Waals surface area contributed by atoms with Gasteiger partial charge in [0, 0.05) is 10.0 Å². The summed E-state index contributed by atoms with van der Waals surface area (Å²) in [5.41, 5.74) is -0.0238. The molecule has 0 aliphatic carbocycles. The summed E-state index contributed by atoms with van der Waals surface area (Å²) < 4.78 is 1.02. The average molecular weight is 423 g/mol. The van der Waals surface area contributed by atoms with E-state index in [1.807, 2.05) is 29.2 Å². The second kappa shape index (κ2) is 6.36. The second-order valence-corrected chi connectivity index (χ2v) is 6.61. The zero-order chi connectivity index (χ0) is 13.5. The first-order chi connectivity index (χ1) is 9.13. The zero-order valence-electron chi connectivity index (χ0n) is 11.1. The molecule has 1 N–H and O–H groups in total. The monoisotopic (exact) mass is 421 g/mol. The first-order valence-corrected chi connectivity index (χ1v) is 8.07. The zero-order valence-corrected chi connectivity index (χ0v) is 15.2. The Bertz CT molecular complexity index is 511. The van der Waals surface area contributed by atoms with Gasteiger partial charge in [0.05, 0.1) is 19.1 Å². The highest BCUT2D eigenvalue weighted by atomic mass is 79.9. The summed E-state index contributed by atoms with van der Waals surface area (Å²) in [6, 6.07) is 7.88. The Morgan fingerprint density at radius 3 is 2.75 bits per heavy atom. The van der Waals surface area contributed by atoms with E-state index < -0.39 is 5.72 Å². The summed E-state index contributed by atoms with van der Waals surface area (Å²) in [6.07, 6.45) is 0. The third-order valence-electron chi connectivity index (χ3n) is 3.58. The van der Waals surface area contributed by atoms with Crippen molar-refractivity contribution in [3.8, 4) is 0 Å². The van der Waals surface area contributed by atoms with Crippen molar-refractivity contribution < 1.29 is 5.11 Å². The topological polar surface area (TPSA) is 39.1 Å². The van der Waals surface area contributed by atoms with Crippen LogP contribution in [0, 0.1) is 0 Å². The van der Waals surface area contributed by atoms with Gasteiger partial charge >= 0.3 is 0 Å². The minimum atomic E-state index is -0.946. The first-order valence-electron chi connectivity index (χ1n) is 6.29. The van der Waals surface area contributed by atoms with Crippen LogP contribution >= 0.6 is 44.7 Å². The number of rotatable bonds is 2. The van der Waals surface area contributed by atoms with Crippen LogP contribution in [0.5, 0.6) is 0 Å². The van der Waals surface area contributed by atoms with E-state index in [-0.39, 0.29) is 17.0 Å². The largest absolute Gasteiger partial charge is 0.366 e. The lowest BCUT2D eigenvalue weighted by atomic mass is 10.0. The van der Waals surface area contributed by atoms with Crippen molar-refractivity contribution in [3.05, 3.63) is 34.3 Å². The predicted octanol–water partition coefficient (Wildman–Crippen LogP) is 2.83. The van der Waals surface area contributed by atoms with Gasteiger partial charge in [0.1, 0.15) is 0 Å². The number of nitrogens with zero attached hydrogens (tertiary/aromatic N) is 3. The van der Waals surface area contributed by atoms with E-state index in [1.165, 1.54) is 0 Å². The fourth-order valence-electron chi connectivity index (χ4n) is 2.35. The molecule has 0 saturated carbocycles. The van der Waals surface area contributed by atoms with Crippen LogP contribution in [0.25, 0.3) is 0 Å². The van der Waals surface area contributed by atoms with Crippen LogP contribution in [0.3, 0.4) is 0 Å². The van der Waals surface area contributed by atoms with Gasteiger partial charge in [0.2, 0.25) is 0 Å². The lowest BCUT2D eigenvalue weighted by Gasteiger charge is -2.39. The van der Waals surface area contributed by atoms with Gasteiger partial charge in [-0.05, 0) is 18.7 Å². The van der Waals surface area contributed by atoms with Crippen LogP contribution in [0.15, 0.2) is 33.7 Å². The van der Waals surface area contributed by atoms with Crippen molar-refractivity contribution in [1.29, 1.82) is 0 Å². The van der Waals surface area contributed by atoms with Crippen molar-refractivity contribution in [2.45, 2.75) is 12.6 Å². The molecule has 1 atom stereocenters. The van der Waals surface area contributed by atoms with Crippen LogP contribution in [0.1, 0.15) is 12.5 Å². The van der Waals surface area contributed by atoms with Gasteiger partial charge < -0.3 is 10.0 Å². The van der Waals surface area contributed by atoms with E-state index in [9.17, 15) is 5.11 Å². The van der Waals surface area contributed by atoms with Crippen LogP contribution < -0.4 is 0 Å². The normalized spacial score (nSPS) is 25.9. The molecule has 20 heavy (non-hydrogen) atoms. The molecule has 2 heterocycles. The smallest absolute Gasteiger partial charge is 0.176 e. The Morgan fingerprint density at radius 1 is 1.40 bits per heavy atom. The van der Waals surface area contributed by atoms with E-state index in [0.29, 0.717) is 5.75 Å². The fraction of sp³-hybridized carbons (Fsp3) is 0.462. The average Bonchev–Trinajstić information content (AvgIpc) is 2.78. The van der Waals surface area contributed by atoms with E-state index >= 15 is 0 Å². The molecule has 1 unspecified atom stereocenters. The Morgan fingerprint density at radius 2 is 2.10 bits per heavy atom. The van der Waals surface area contributed by atoms with Gasteiger partial charge in [-0.3, -0.25) is 4.90 Å². The molecule has 2 aliphatic rings. The number of fused-ring (bicyclic) bond motifs is 1. The maximum atomic E-state index is 11.0. The van der Waals surface area contributed by atoms with Crippen molar-refractivity contribution in [3.63, 3.8) is 0 Å². The lowest BCUT2D eigenvalue weighted by Crippen LogP contribution is -2.52. The Kier molecular flexibility index (Phi) is 5.18. The van der Waals surface area contributed by atoms with Gasteiger partial charge in [-0.2, -0.15) is 0 Å². The summed E-state index contributed by atoms with van der Waals surface area (Å²) >= 11 is 5.06. The number of hydrogen-bond donors (Lipinski definition) is 1. The third-order valence-corrected chi connectivity index (χ3v) is 5.26. The first kappa shape index (κ1) is 16.3. The molecule has 0 bridgehead atoms. The number of benzene rings is 1. The summed E-state index contributed by atoms with van der Waals surface area (Å²) in [6.45, 7) is 4.51. The number of aliphatic hydroxyl groups is 1. The molecule has 0 amide bonds. The second-order valence-electron chi connectivity index (χ2n) is 4.75. The number of thioether (sulfide) groups is 1. The SMILES string of the molecule is Br.CCN1CN=C2SCC(O)(c3ccc(Br)cc3)N2C1. The van der Waals surface area contributed by atoms with Gasteiger partial charge in [-0.1, -0.05) is 46.7 Å². The van der Waals surface area contributed by atoms with E-state index in [0.717, 1.165) is 35.1 Å². The molecule has 2 aliphatic heterocycles. The molecule has 1 fully saturated rings. The number of aliphatic imine (C=N–C) groups is 1. The Balaban J connectivity index is 0.00000147. The molecule has 110 valence electrons. The highest BCUT2D eigenvalue weighted by molar-refractivity contribution is 9.10. The molecule has 1 aromatic rings. The minimum Gasteiger partial charge on any atom is -0.366 e. The molecular formula is C13H17Br2N3OS. The lowest BCUT2D eigenvalue weighted by molar-refractivity contribution is -0.0728. The van der Waals surface area contributed by atoms with E-state index in [1.54, 1.807) is 11.8 Å². The quantitative estimate of drug-likeness (QED) is 0.795. The highest BCUT2D eigenvalue weighted by Gasteiger charge is 2.46. The van der Waals surface area contributed by atoms with Crippen molar-refractivity contribution in [1.82, 2.24) is 9.80 Å². The molecule has 7 heteroatoms. The number of halogens is 2. The van der Waals surface area contributed by atoms with Crippen molar-refractivity contribution >= 4 is 49.8 Å². The standard InChI is InChI=1S/C13H16BrN3OS.BrH/c1-2-16-8-15-12-17(9-16)13(18,7-19-12)10-3-5-11(14)6-4-10;/h3-6,18H,2,7-9H2,1H3;1H. The molecule has 1 aromatic carbocycles. The predicted molar refractivity (Wildman–Crippen MR) is 92.2 cm³/mol. The number of hydrogen-bond acceptors (Lipinski definition) is 5. The van der Waals surface area contributed by atoms with Crippen LogP contribution in [-0.4, -0.2) is 45.7 Å². The van der Waals surface area contributed by atoms with E-state index in [4.69, 9.17) is 0 Å². The van der Waals surface area contributed by atoms with Gasteiger partial charge in [0.25, 0.3) is 0 Å². The molecule has 1 saturated heterocycles. The van der Waals surface area contributed by atoms with Gasteiger partial charge in [-0.25, -0.2) is 4.99 Å². The van der Waals surface area contributed by atoms with Crippen LogP contribution in [0.2, 0.25) is 0 Å². The van der Waals surface area contributed by atoms with E-state index in [2.05, 4.69) is 32.7 Å². The Hall–Kier alpha value is -0.0800. The number of amidine groups is 1. The van der Waals surface area contributed by atoms with Crippen LogP contribution in [-0.2, 0) is 5.72 Å². The third kappa shape index (κ3) is 2.78. The van der Waals surface area contributed by atoms with Crippen LogP contribution in [0.4, 0.5) is 0 Å². The molecular weight excluding hydrogens is 406 g/mol.